The van der Waals surface area contributed by atoms with Crippen LogP contribution in [0.4, 0.5) is 0 Å². The first-order chi connectivity index (χ1) is 4.48. The Hall–Kier alpha value is -0.260. The fraction of sp³-hybridized carbons (Fsp3) is 0.800. The summed E-state index contributed by atoms with van der Waals surface area (Å²) in [5, 5.41) is 0. The topological polar surface area (TPSA) is 0 Å². The predicted octanol–water partition coefficient (Wildman–Crippen LogP) is 3.24. The lowest BCUT2D eigenvalue weighted by atomic mass is 9.83. The fourth-order valence-electron chi connectivity index (χ4n) is 1.62. The third kappa shape index (κ3) is 1.00. The first kappa shape index (κ1) is 7.84. The SMILES string of the molecule is C=C1CC1(C)C(C)C(C)C. The molecule has 0 heterocycles. The molecule has 0 amide bonds. The molecule has 2 unspecified atom stereocenters. The Morgan fingerprint density at radius 2 is 1.80 bits per heavy atom. The second kappa shape index (κ2) is 2.11. The maximum atomic E-state index is 4.02. The van der Waals surface area contributed by atoms with E-state index in [2.05, 4.69) is 34.3 Å². The van der Waals surface area contributed by atoms with Crippen molar-refractivity contribution in [2.75, 3.05) is 0 Å². The van der Waals surface area contributed by atoms with E-state index in [0.29, 0.717) is 5.41 Å². The first-order valence-electron chi connectivity index (χ1n) is 4.16. The molecule has 0 aromatic rings. The molecule has 2 atom stereocenters. The van der Waals surface area contributed by atoms with Gasteiger partial charge in [0.15, 0.2) is 0 Å². The number of hydrogen-bond donors (Lipinski definition) is 0. The van der Waals surface area contributed by atoms with Crippen LogP contribution in [0.5, 0.6) is 0 Å². The number of hydrogen-bond acceptors (Lipinski definition) is 0. The zero-order valence-corrected chi connectivity index (χ0v) is 7.57. The van der Waals surface area contributed by atoms with Crippen molar-refractivity contribution in [2.24, 2.45) is 17.3 Å². The summed E-state index contributed by atoms with van der Waals surface area (Å²) in [6, 6.07) is 0. The molecule has 0 heteroatoms. The molecular formula is C10H18. The van der Waals surface area contributed by atoms with Gasteiger partial charge >= 0.3 is 0 Å². The summed E-state index contributed by atoms with van der Waals surface area (Å²) in [5.41, 5.74) is 1.95. The minimum Gasteiger partial charge on any atom is -0.0993 e. The standard InChI is InChI=1S/C10H18/c1-7(2)9(4)10(5)6-8(10)3/h7,9H,3,6H2,1-2,4-5H3. The van der Waals surface area contributed by atoms with E-state index in [4.69, 9.17) is 0 Å². The van der Waals surface area contributed by atoms with Crippen molar-refractivity contribution < 1.29 is 0 Å². The quantitative estimate of drug-likeness (QED) is 0.514. The Bertz CT molecular complexity index is 155. The van der Waals surface area contributed by atoms with Crippen LogP contribution in [0, 0.1) is 17.3 Å². The van der Waals surface area contributed by atoms with Gasteiger partial charge in [-0.15, -0.1) is 0 Å². The van der Waals surface area contributed by atoms with Crippen LogP contribution in [0.15, 0.2) is 12.2 Å². The summed E-state index contributed by atoms with van der Waals surface area (Å²) in [5.74, 6) is 1.60. The van der Waals surface area contributed by atoms with Crippen LogP contribution in [-0.2, 0) is 0 Å². The van der Waals surface area contributed by atoms with Crippen LogP contribution in [0.25, 0.3) is 0 Å². The van der Waals surface area contributed by atoms with Crippen molar-refractivity contribution in [3.05, 3.63) is 12.2 Å². The highest BCUT2D eigenvalue weighted by molar-refractivity contribution is 5.29. The molecular weight excluding hydrogens is 120 g/mol. The third-order valence-corrected chi connectivity index (χ3v) is 3.27. The normalized spacial score (nSPS) is 34.7. The maximum absolute atomic E-state index is 4.02. The molecule has 10 heavy (non-hydrogen) atoms. The summed E-state index contributed by atoms with van der Waals surface area (Å²) in [4.78, 5) is 0. The molecule has 1 saturated carbocycles. The van der Waals surface area contributed by atoms with E-state index >= 15 is 0 Å². The molecule has 1 aliphatic rings. The second-order valence-electron chi connectivity index (χ2n) is 4.23. The van der Waals surface area contributed by atoms with Gasteiger partial charge in [-0.25, -0.2) is 0 Å². The average molecular weight is 138 g/mol. The Morgan fingerprint density at radius 1 is 1.40 bits per heavy atom. The summed E-state index contributed by atoms with van der Waals surface area (Å²) in [6.07, 6.45) is 1.26. The molecule has 1 rings (SSSR count). The molecule has 1 aliphatic carbocycles. The highest BCUT2D eigenvalue weighted by Crippen LogP contribution is 2.57. The minimum absolute atomic E-state index is 0.494. The zero-order chi connectivity index (χ0) is 7.94. The molecule has 58 valence electrons. The van der Waals surface area contributed by atoms with Gasteiger partial charge in [-0.3, -0.25) is 0 Å². The van der Waals surface area contributed by atoms with Gasteiger partial charge in [0.05, 0.1) is 0 Å². The van der Waals surface area contributed by atoms with E-state index in [0.717, 1.165) is 11.8 Å². The van der Waals surface area contributed by atoms with Gasteiger partial charge in [-0.1, -0.05) is 39.8 Å². The van der Waals surface area contributed by atoms with Gasteiger partial charge in [0.2, 0.25) is 0 Å². The predicted molar refractivity (Wildman–Crippen MR) is 45.9 cm³/mol. The minimum atomic E-state index is 0.494. The van der Waals surface area contributed by atoms with Gasteiger partial charge < -0.3 is 0 Å². The Balaban J connectivity index is 2.58. The van der Waals surface area contributed by atoms with Gasteiger partial charge in [0.25, 0.3) is 0 Å². The van der Waals surface area contributed by atoms with Crippen LogP contribution in [-0.4, -0.2) is 0 Å². The summed E-state index contributed by atoms with van der Waals surface area (Å²) < 4.78 is 0. The van der Waals surface area contributed by atoms with Gasteiger partial charge in [-0.2, -0.15) is 0 Å². The Kier molecular flexibility index (Phi) is 1.66. The molecule has 0 bridgehead atoms. The highest BCUT2D eigenvalue weighted by Gasteiger charge is 2.47. The molecule has 0 spiro atoms. The molecule has 0 aliphatic heterocycles. The largest absolute Gasteiger partial charge is 0.0993 e. The smallest absolute Gasteiger partial charge is 0.00535 e. The molecule has 0 nitrogen and oxygen atoms in total. The maximum Gasteiger partial charge on any atom is -0.00535 e. The lowest BCUT2D eigenvalue weighted by Gasteiger charge is -2.22. The molecule has 0 saturated heterocycles. The van der Waals surface area contributed by atoms with E-state index in [1.54, 1.807) is 0 Å². The van der Waals surface area contributed by atoms with E-state index in [1.807, 2.05) is 0 Å². The van der Waals surface area contributed by atoms with E-state index in [-0.39, 0.29) is 0 Å². The lowest BCUT2D eigenvalue weighted by molar-refractivity contribution is 0.290. The van der Waals surface area contributed by atoms with Gasteiger partial charge in [-0.05, 0) is 23.7 Å². The van der Waals surface area contributed by atoms with Crippen molar-refractivity contribution in [2.45, 2.75) is 34.1 Å². The van der Waals surface area contributed by atoms with Crippen LogP contribution in [0.2, 0.25) is 0 Å². The molecule has 0 aromatic heterocycles. The summed E-state index contributed by atoms with van der Waals surface area (Å²) in [7, 11) is 0. The van der Waals surface area contributed by atoms with Crippen molar-refractivity contribution in [3.8, 4) is 0 Å². The summed E-state index contributed by atoms with van der Waals surface area (Å²) in [6.45, 7) is 13.3. The van der Waals surface area contributed by atoms with E-state index in [1.165, 1.54) is 12.0 Å². The van der Waals surface area contributed by atoms with Crippen LogP contribution >= 0.6 is 0 Å². The van der Waals surface area contributed by atoms with E-state index < -0.39 is 0 Å². The van der Waals surface area contributed by atoms with E-state index in [9.17, 15) is 0 Å². The second-order valence-corrected chi connectivity index (χ2v) is 4.23. The molecule has 0 aromatic carbocycles. The van der Waals surface area contributed by atoms with Crippen LogP contribution < -0.4 is 0 Å². The average Bonchev–Trinajstić information content (AvgIpc) is 2.41. The lowest BCUT2D eigenvalue weighted by Crippen LogP contribution is -2.15. The third-order valence-electron chi connectivity index (χ3n) is 3.27. The van der Waals surface area contributed by atoms with Crippen molar-refractivity contribution >= 4 is 0 Å². The zero-order valence-electron chi connectivity index (χ0n) is 7.57. The summed E-state index contributed by atoms with van der Waals surface area (Å²) >= 11 is 0. The monoisotopic (exact) mass is 138 g/mol. The van der Waals surface area contributed by atoms with Crippen LogP contribution in [0.3, 0.4) is 0 Å². The number of allylic oxidation sites excluding steroid dienone is 1. The fourth-order valence-corrected chi connectivity index (χ4v) is 1.62. The van der Waals surface area contributed by atoms with Crippen molar-refractivity contribution in [3.63, 3.8) is 0 Å². The molecule has 1 fully saturated rings. The van der Waals surface area contributed by atoms with Crippen LogP contribution in [0.1, 0.15) is 34.1 Å². The Morgan fingerprint density at radius 3 is 1.90 bits per heavy atom. The van der Waals surface area contributed by atoms with Crippen molar-refractivity contribution in [1.29, 1.82) is 0 Å². The van der Waals surface area contributed by atoms with Gasteiger partial charge in [0, 0.05) is 0 Å². The Labute approximate surface area is 64.3 Å². The molecule has 0 radical (unpaired) electrons. The van der Waals surface area contributed by atoms with Gasteiger partial charge in [0.1, 0.15) is 0 Å². The highest BCUT2D eigenvalue weighted by atomic mass is 14.5. The first-order valence-corrected chi connectivity index (χ1v) is 4.16. The molecule has 0 N–H and O–H groups in total. The van der Waals surface area contributed by atoms with Crippen molar-refractivity contribution in [1.82, 2.24) is 0 Å². The number of rotatable bonds is 2.